The maximum Gasteiger partial charge on any atom is 0.269 e. The van der Waals surface area contributed by atoms with Crippen LogP contribution in [0.1, 0.15) is 10.4 Å². The molecule has 0 N–H and O–H groups in total. The summed E-state index contributed by atoms with van der Waals surface area (Å²) in [6.45, 7) is 0. The number of carbonyl (C=O) groups excluding carboxylic acids is 1. The number of nitro benzene ring substituents is 1. The van der Waals surface area contributed by atoms with E-state index in [1.165, 1.54) is 30.5 Å². The monoisotopic (exact) mass is 218 g/mol. The minimum absolute atomic E-state index is 0.0140. The van der Waals surface area contributed by atoms with E-state index in [1.807, 2.05) is 0 Å². The van der Waals surface area contributed by atoms with Gasteiger partial charge < -0.3 is 4.52 Å². The molecule has 0 atom stereocenters. The summed E-state index contributed by atoms with van der Waals surface area (Å²) in [6, 6.07) is 5.73. The summed E-state index contributed by atoms with van der Waals surface area (Å²) in [5.41, 5.74) is 1.28. The van der Waals surface area contributed by atoms with Crippen LogP contribution in [0, 0.1) is 10.1 Å². The average molecular weight is 218 g/mol. The molecule has 0 fully saturated rings. The number of nitrogens with zero attached hydrogens (tertiary/aromatic N) is 2. The van der Waals surface area contributed by atoms with Gasteiger partial charge >= 0.3 is 0 Å². The fourth-order valence-corrected chi connectivity index (χ4v) is 1.29. The molecule has 0 saturated heterocycles. The highest BCUT2D eigenvalue weighted by Crippen LogP contribution is 2.23. The standard InChI is InChI=1S/C10H6N2O4/c13-5-8-6-16-11-10(8)7-1-3-9(4-2-7)12(14)15/h1-6H. The van der Waals surface area contributed by atoms with Gasteiger partial charge in [-0.05, 0) is 12.1 Å². The lowest BCUT2D eigenvalue weighted by Gasteiger charge is -1.96. The van der Waals surface area contributed by atoms with E-state index in [1.54, 1.807) is 0 Å². The van der Waals surface area contributed by atoms with E-state index in [9.17, 15) is 14.9 Å². The van der Waals surface area contributed by atoms with E-state index in [4.69, 9.17) is 0 Å². The van der Waals surface area contributed by atoms with E-state index in [0.717, 1.165) is 0 Å². The second-order valence-electron chi connectivity index (χ2n) is 3.04. The van der Waals surface area contributed by atoms with Crippen molar-refractivity contribution in [1.29, 1.82) is 0 Å². The maximum atomic E-state index is 10.6. The Morgan fingerprint density at radius 1 is 1.31 bits per heavy atom. The van der Waals surface area contributed by atoms with E-state index < -0.39 is 4.92 Å². The van der Waals surface area contributed by atoms with Crippen LogP contribution in [0.15, 0.2) is 35.1 Å². The van der Waals surface area contributed by atoms with E-state index in [2.05, 4.69) is 9.68 Å². The van der Waals surface area contributed by atoms with Crippen molar-refractivity contribution in [2.24, 2.45) is 0 Å². The summed E-state index contributed by atoms with van der Waals surface area (Å²) in [7, 11) is 0. The van der Waals surface area contributed by atoms with Crippen molar-refractivity contribution in [2.75, 3.05) is 0 Å². The smallest absolute Gasteiger partial charge is 0.269 e. The zero-order chi connectivity index (χ0) is 11.5. The third-order valence-electron chi connectivity index (χ3n) is 2.08. The Hall–Kier alpha value is -2.50. The van der Waals surface area contributed by atoms with Gasteiger partial charge in [-0.2, -0.15) is 0 Å². The van der Waals surface area contributed by atoms with Gasteiger partial charge in [0.15, 0.2) is 6.29 Å². The van der Waals surface area contributed by atoms with Gasteiger partial charge in [0.1, 0.15) is 12.0 Å². The number of hydrogen-bond donors (Lipinski definition) is 0. The maximum absolute atomic E-state index is 10.6. The Labute approximate surface area is 89.6 Å². The van der Waals surface area contributed by atoms with Crippen LogP contribution in [0.3, 0.4) is 0 Å². The molecule has 0 unspecified atom stereocenters. The third kappa shape index (κ3) is 1.68. The summed E-state index contributed by atoms with van der Waals surface area (Å²) in [5, 5.41) is 14.1. The van der Waals surface area contributed by atoms with Crippen LogP contribution in [0.4, 0.5) is 5.69 Å². The Balaban J connectivity index is 2.42. The highest BCUT2D eigenvalue weighted by atomic mass is 16.6. The topological polar surface area (TPSA) is 86.2 Å². The summed E-state index contributed by atoms with van der Waals surface area (Å²) < 4.78 is 4.65. The SMILES string of the molecule is O=Cc1conc1-c1ccc([N+](=O)[O-])cc1. The molecule has 0 radical (unpaired) electrons. The van der Waals surface area contributed by atoms with Crippen LogP contribution in [0.5, 0.6) is 0 Å². The number of hydrogen-bond acceptors (Lipinski definition) is 5. The van der Waals surface area contributed by atoms with Gasteiger partial charge in [-0.25, -0.2) is 0 Å². The molecule has 16 heavy (non-hydrogen) atoms. The molecule has 6 heteroatoms. The van der Waals surface area contributed by atoms with Crippen LogP contribution in [0.25, 0.3) is 11.3 Å². The average Bonchev–Trinajstić information content (AvgIpc) is 2.77. The minimum atomic E-state index is -0.493. The van der Waals surface area contributed by atoms with Gasteiger partial charge in [-0.1, -0.05) is 5.16 Å². The van der Waals surface area contributed by atoms with Gasteiger partial charge in [0.05, 0.1) is 10.5 Å². The van der Waals surface area contributed by atoms with E-state index >= 15 is 0 Å². The Morgan fingerprint density at radius 2 is 2.00 bits per heavy atom. The second-order valence-corrected chi connectivity index (χ2v) is 3.04. The number of nitro groups is 1. The second kappa shape index (κ2) is 3.93. The fourth-order valence-electron chi connectivity index (χ4n) is 1.29. The number of aldehydes is 1. The number of non-ortho nitro benzene ring substituents is 1. The fraction of sp³-hybridized carbons (Fsp3) is 0. The first-order valence-corrected chi connectivity index (χ1v) is 4.37. The molecule has 0 amide bonds. The molecular formula is C10H6N2O4. The predicted octanol–water partition coefficient (Wildman–Crippen LogP) is 2.06. The molecule has 80 valence electrons. The van der Waals surface area contributed by atoms with Crippen molar-refractivity contribution in [2.45, 2.75) is 0 Å². The van der Waals surface area contributed by atoms with Crippen LogP contribution >= 0.6 is 0 Å². The Kier molecular flexibility index (Phi) is 2.47. The molecule has 1 aromatic heterocycles. The van der Waals surface area contributed by atoms with Gasteiger partial charge in [-0.15, -0.1) is 0 Å². The van der Waals surface area contributed by atoms with E-state index in [-0.39, 0.29) is 5.69 Å². The molecule has 1 aromatic carbocycles. The van der Waals surface area contributed by atoms with Gasteiger partial charge in [0.2, 0.25) is 0 Å². The van der Waals surface area contributed by atoms with Crippen molar-refractivity contribution < 1.29 is 14.2 Å². The lowest BCUT2D eigenvalue weighted by Crippen LogP contribution is -1.88. The molecule has 2 aromatic rings. The molecule has 0 aliphatic heterocycles. The third-order valence-corrected chi connectivity index (χ3v) is 2.08. The van der Waals surface area contributed by atoms with Gasteiger partial charge in [-0.3, -0.25) is 14.9 Å². The first kappa shape index (κ1) is 10.0. The molecule has 0 aliphatic carbocycles. The van der Waals surface area contributed by atoms with Crippen LogP contribution in [0.2, 0.25) is 0 Å². The molecule has 0 saturated carbocycles. The lowest BCUT2D eigenvalue weighted by molar-refractivity contribution is -0.384. The molecular weight excluding hydrogens is 212 g/mol. The van der Waals surface area contributed by atoms with Crippen molar-refractivity contribution in [3.63, 3.8) is 0 Å². The summed E-state index contributed by atoms with van der Waals surface area (Å²) in [6.07, 6.45) is 1.84. The number of benzene rings is 1. The van der Waals surface area contributed by atoms with Crippen LogP contribution in [-0.4, -0.2) is 16.4 Å². The lowest BCUT2D eigenvalue weighted by atomic mass is 10.1. The highest BCUT2D eigenvalue weighted by Gasteiger charge is 2.11. The summed E-state index contributed by atoms with van der Waals surface area (Å²) >= 11 is 0. The first-order valence-electron chi connectivity index (χ1n) is 4.37. The molecule has 0 spiro atoms. The minimum Gasteiger partial charge on any atom is -0.363 e. The van der Waals surface area contributed by atoms with Crippen molar-refractivity contribution in [3.05, 3.63) is 46.2 Å². The zero-order valence-electron chi connectivity index (χ0n) is 7.99. The summed E-state index contributed by atoms with van der Waals surface area (Å²) in [5.74, 6) is 0. The quantitative estimate of drug-likeness (QED) is 0.447. The van der Waals surface area contributed by atoms with Crippen molar-refractivity contribution in [1.82, 2.24) is 5.16 Å². The predicted molar refractivity (Wildman–Crippen MR) is 54.0 cm³/mol. The van der Waals surface area contributed by atoms with Crippen LogP contribution in [-0.2, 0) is 0 Å². The largest absolute Gasteiger partial charge is 0.363 e. The molecule has 1 heterocycles. The van der Waals surface area contributed by atoms with Gasteiger partial charge in [0.25, 0.3) is 5.69 Å². The molecule has 0 aliphatic rings. The Morgan fingerprint density at radius 3 is 2.56 bits per heavy atom. The summed E-state index contributed by atoms with van der Waals surface area (Å²) in [4.78, 5) is 20.6. The normalized spacial score (nSPS) is 10.0. The molecule has 0 bridgehead atoms. The Bertz CT molecular complexity index is 530. The first-order chi connectivity index (χ1) is 7.72. The highest BCUT2D eigenvalue weighted by molar-refractivity contribution is 5.84. The number of aromatic nitrogens is 1. The number of rotatable bonds is 3. The zero-order valence-corrected chi connectivity index (χ0v) is 7.99. The van der Waals surface area contributed by atoms with Gasteiger partial charge in [0, 0.05) is 17.7 Å². The number of carbonyl (C=O) groups is 1. The van der Waals surface area contributed by atoms with Crippen molar-refractivity contribution in [3.8, 4) is 11.3 Å². The van der Waals surface area contributed by atoms with Crippen molar-refractivity contribution >= 4 is 12.0 Å². The van der Waals surface area contributed by atoms with Crippen LogP contribution < -0.4 is 0 Å². The molecule has 6 nitrogen and oxygen atoms in total. The molecule has 2 rings (SSSR count). The van der Waals surface area contributed by atoms with E-state index in [0.29, 0.717) is 23.1 Å².